The molecule has 0 aromatic heterocycles. The lowest BCUT2D eigenvalue weighted by molar-refractivity contribution is 0.597. The Balaban J connectivity index is 3.71. The van der Waals surface area contributed by atoms with Crippen LogP contribution in [0.3, 0.4) is 0 Å². The summed E-state index contributed by atoms with van der Waals surface area (Å²) in [6.45, 7) is 4.32. The van der Waals surface area contributed by atoms with Crippen LogP contribution >= 0.6 is 0 Å². The van der Waals surface area contributed by atoms with Crippen LogP contribution in [0.2, 0.25) is 0 Å². The molecule has 4 N–H and O–H groups in total. The van der Waals surface area contributed by atoms with Gasteiger partial charge >= 0.3 is 0 Å². The third-order valence-corrected chi connectivity index (χ3v) is 0.987. The molecule has 48 valence electrons. The molecule has 0 rings (SSSR count). The zero-order valence-electron chi connectivity index (χ0n) is 5.52. The van der Waals surface area contributed by atoms with Crippen molar-refractivity contribution in [3.05, 3.63) is 12.2 Å². The summed E-state index contributed by atoms with van der Waals surface area (Å²) in [7, 11) is 0. The Hall–Kier alpha value is -0.340. The van der Waals surface area contributed by atoms with E-state index in [4.69, 9.17) is 11.5 Å². The van der Waals surface area contributed by atoms with Crippen molar-refractivity contribution in [3.63, 3.8) is 0 Å². The van der Waals surface area contributed by atoms with Gasteiger partial charge in [-0.15, -0.1) is 0 Å². The van der Waals surface area contributed by atoms with Crippen LogP contribution in [0.5, 0.6) is 0 Å². The number of hydrogen-bond donors (Lipinski definition) is 2. The summed E-state index contributed by atoms with van der Waals surface area (Å²) < 4.78 is 0. The van der Waals surface area contributed by atoms with Crippen molar-refractivity contribution in [2.75, 3.05) is 6.54 Å². The lowest BCUT2D eigenvalue weighted by Crippen LogP contribution is -2.41. The van der Waals surface area contributed by atoms with Gasteiger partial charge in [0, 0.05) is 12.1 Å². The van der Waals surface area contributed by atoms with Gasteiger partial charge in [0.1, 0.15) is 0 Å². The van der Waals surface area contributed by atoms with E-state index in [1.807, 2.05) is 26.0 Å². The van der Waals surface area contributed by atoms with E-state index in [1.54, 1.807) is 0 Å². The molecule has 0 aromatic rings. The lowest BCUT2D eigenvalue weighted by Gasteiger charge is -2.15. The van der Waals surface area contributed by atoms with E-state index in [2.05, 4.69) is 0 Å². The van der Waals surface area contributed by atoms with E-state index >= 15 is 0 Å². The largest absolute Gasteiger partial charge is 0.328 e. The molecule has 0 aliphatic rings. The second-order valence-electron chi connectivity index (χ2n) is 2.21. The van der Waals surface area contributed by atoms with Crippen LogP contribution in [0, 0.1) is 0 Å². The van der Waals surface area contributed by atoms with Crippen LogP contribution in [0.15, 0.2) is 12.2 Å². The quantitative estimate of drug-likeness (QED) is 0.505. The van der Waals surface area contributed by atoms with Gasteiger partial charge in [-0.2, -0.15) is 0 Å². The van der Waals surface area contributed by atoms with Crippen molar-refractivity contribution in [2.24, 2.45) is 11.5 Å². The molecule has 0 radical (unpaired) electrons. The summed E-state index contributed by atoms with van der Waals surface area (Å²) in [4.78, 5) is 0. The Morgan fingerprint density at radius 2 is 2.12 bits per heavy atom. The first kappa shape index (κ1) is 7.66. The SMILES string of the molecule is C/C=C/C(C)(N)CN. The molecule has 0 heterocycles. The minimum atomic E-state index is -0.311. The molecule has 1 atom stereocenters. The summed E-state index contributed by atoms with van der Waals surface area (Å²) in [6, 6.07) is 0. The normalized spacial score (nSPS) is 19.0. The molecular formula is C6H14N2. The summed E-state index contributed by atoms with van der Waals surface area (Å²) in [5.74, 6) is 0. The highest BCUT2D eigenvalue weighted by Gasteiger charge is 2.08. The highest BCUT2D eigenvalue weighted by molar-refractivity contribution is 5.00. The number of rotatable bonds is 2. The van der Waals surface area contributed by atoms with Gasteiger partial charge < -0.3 is 11.5 Å². The van der Waals surface area contributed by atoms with Gasteiger partial charge in [-0.25, -0.2) is 0 Å². The highest BCUT2D eigenvalue weighted by atomic mass is 14.8. The van der Waals surface area contributed by atoms with E-state index in [0.717, 1.165) is 0 Å². The van der Waals surface area contributed by atoms with Crippen molar-refractivity contribution in [2.45, 2.75) is 19.4 Å². The molecule has 0 amide bonds. The van der Waals surface area contributed by atoms with Gasteiger partial charge in [0.15, 0.2) is 0 Å². The Kier molecular flexibility index (Phi) is 2.72. The number of nitrogens with two attached hydrogens (primary N) is 2. The monoisotopic (exact) mass is 114 g/mol. The van der Waals surface area contributed by atoms with Crippen molar-refractivity contribution in [1.29, 1.82) is 0 Å². The fraction of sp³-hybridized carbons (Fsp3) is 0.667. The first-order chi connectivity index (χ1) is 3.62. The molecule has 2 nitrogen and oxygen atoms in total. The van der Waals surface area contributed by atoms with Crippen LogP contribution in [-0.2, 0) is 0 Å². The Bertz CT molecular complexity index is 84.5. The number of hydrogen-bond acceptors (Lipinski definition) is 2. The predicted octanol–water partition coefficient (Wildman–Crippen LogP) is 0.239. The molecule has 0 saturated carbocycles. The molecule has 0 fully saturated rings. The molecule has 0 aliphatic carbocycles. The minimum Gasteiger partial charge on any atom is -0.328 e. The Morgan fingerprint density at radius 3 is 2.25 bits per heavy atom. The van der Waals surface area contributed by atoms with E-state index in [1.165, 1.54) is 0 Å². The number of allylic oxidation sites excluding steroid dienone is 1. The van der Waals surface area contributed by atoms with Crippen LogP contribution in [0.4, 0.5) is 0 Å². The zero-order chi connectivity index (χ0) is 6.62. The van der Waals surface area contributed by atoms with E-state index in [0.29, 0.717) is 6.54 Å². The second kappa shape index (κ2) is 2.84. The predicted molar refractivity (Wildman–Crippen MR) is 36.5 cm³/mol. The zero-order valence-corrected chi connectivity index (χ0v) is 5.52. The van der Waals surface area contributed by atoms with E-state index < -0.39 is 0 Å². The fourth-order valence-electron chi connectivity index (χ4n) is 0.449. The van der Waals surface area contributed by atoms with Gasteiger partial charge in [0.2, 0.25) is 0 Å². The van der Waals surface area contributed by atoms with Crippen LogP contribution < -0.4 is 11.5 Å². The van der Waals surface area contributed by atoms with Crippen molar-refractivity contribution < 1.29 is 0 Å². The average Bonchev–Trinajstić information content (AvgIpc) is 1.67. The van der Waals surface area contributed by atoms with Crippen LogP contribution in [0.25, 0.3) is 0 Å². The molecule has 0 bridgehead atoms. The van der Waals surface area contributed by atoms with Crippen molar-refractivity contribution in [1.82, 2.24) is 0 Å². The molecule has 0 spiro atoms. The Labute approximate surface area is 50.6 Å². The highest BCUT2D eigenvalue weighted by Crippen LogP contribution is 1.95. The van der Waals surface area contributed by atoms with Gasteiger partial charge in [-0.05, 0) is 13.8 Å². The molecule has 0 aromatic carbocycles. The topological polar surface area (TPSA) is 52.0 Å². The van der Waals surface area contributed by atoms with E-state index in [-0.39, 0.29) is 5.54 Å². The van der Waals surface area contributed by atoms with Crippen LogP contribution in [-0.4, -0.2) is 12.1 Å². The maximum atomic E-state index is 5.61. The molecule has 0 saturated heterocycles. The maximum Gasteiger partial charge on any atom is 0.0434 e. The molecule has 2 heteroatoms. The van der Waals surface area contributed by atoms with Gasteiger partial charge in [-0.3, -0.25) is 0 Å². The third-order valence-electron chi connectivity index (χ3n) is 0.987. The first-order valence-electron chi connectivity index (χ1n) is 2.75. The molecular weight excluding hydrogens is 100 g/mol. The summed E-state index contributed by atoms with van der Waals surface area (Å²) in [5.41, 5.74) is 10.6. The second-order valence-corrected chi connectivity index (χ2v) is 2.21. The maximum absolute atomic E-state index is 5.61. The lowest BCUT2D eigenvalue weighted by atomic mass is 10.0. The third kappa shape index (κ3) is 2.77. The van der Waals surface area contributed by atoms with E-state index in [9.17, 15) is 0 Å². The standard InChI is InChI=1S/C6H14N2/c1-3-4-6(2,8)5-7/h3-4H,5,7-8H2,1-2H3/b4-3+. The van der Waals surface area contributed by atoms with Crippen molar-refractivity contribution >= 4 is 0 Å². The molecule has 0 aliphatic heterocycles. The average molecular weight is 114 g/mol. The Morgan fingerprint density at radius 1 is 1.62 bits per heavy atom. The smallest absolute Gasteiger partial charge is 0.0434 e. The fourth-order valence-corrected chi connectivity index (χ4v) is 0.449. The molecule has 8 heavy (non-hydrogen) atoms. The summed E-state index contributed by atoms with van der Waals surface area (Å²) in [5, 5.41) is 0. The van der Waals surface area contributed by atoms with Crippen LogP contribution in [0.1, 0.15) is 13.8 Å². The van der Waals surface area contributed by atoms with Gasteiger partial charge in [0.25, 0.3) is 0 Å². The van der Waals surface area contributed by atoms with Gasteiger partial charge in [-0.1, -0.05) is 12.2 Å². The minimum absolute atomic E-state index is 0.311. The first-order valence-corrected chi connectivity index (χ1v) is 2.75. The van der Waals surface area contributed by atoms with Crippen molar-refractivity contribution in [3.8, 4) is 0 Å². The summed E-state index contributed by atoms with van der Waals surface area (Å²) in [6.07, 6.45) is 3.81. The molecule has 1 unspecified atom stereocenters. The van der Waals surface area contributed by atoms with Gasteiger partial charge in [0.05, 0.1) is 0 Å². The summed E-state index contributed by atoms with van der Waals surface area (Å²) >= 11 is 0.